The van der Waals surface area contributed by atoms with E-state index < -0.39 is 5.97 Å². The smallest absolute Gasteiger partial charge is 0.363 e. The molecule has 0 spiro atoms. The summed E-state index contributed by atoms with van der Waals surface area (Å²) in [5, 5.41) is 0. The van der Waals surface area contributed by atoms with Crippen LogP contribution in [0.1, 0.15) is 22.3 Å². The molecule has 0 bridgehead atoms. The summed E-state index contributed by atoms with van der Waals surface area (Å²) in [4.78, 5) is 16.2. The molecule has 3 rings (SSSR count). The lowest BCUT2D eigenvalue weighted by molar-refractivity contribution is -0.130. The Kier molecular flexibility index (Phi) is 4.20. The number of aliphatic imine (C=N–C) groups is 1. The van der Waals surface area contributed by atoms with E-state index in [1.165, 1.54) is 5.56 Å². The molecule has 3 nitrogen and oxygen atoms in total. The lowest BCUT2D eigenvalue weighted by Gasteiger charge is -2.03. The van der Waals surface area contributed by atoms with Crippen molar-refractivity contribution in [3.8, 4) is 0 Å². The predicted octanol–water partition coefficient (Wildman–Crippen LogP) is 4.20. The highest BCUT2D eigenvalue weighted by Gasteiger charge is 2.23. The molecule has 0 N–H and O–H groups in total. The SMILES string of the molecule is Cc1ccc(C2=NC(=CC=Cc3ccccc3)C(=O)O2)cc1C. The van der Waals surface area contributed by atoms with Gasteiger partial charge >= 0.3 is 5.97 Å². The van der Waals surface area contributed by atoms with Crippen molar-refractivity contribution in [2.45, 2.75) is 13.8 Å². The van der Waals surface area contributed by atoms with Crippen LogP contribution in [0.25, 0.3) is 6.08 Å². The molecule has 0 atom stereocenters. The Morgan fingerprint density at radius 3 is 2.52 bits per heavy atom. The van der Waals surface area contributed by atoms with Crippen molar-refractivity contribution in [1.29, 1.82) is 0 Å². The van der Waals surface area contributed by atoms with Gasteiger partial charge in [0.25, 0.3) is 0 Å². The number of carbonyl (C=O) groups is 1. The van der Waals surface area contributed by atoms with Crippen molar-refractivity contribution in [1.82, 2.24) is 0 Å². The Morgan fingerprint density at radius 1 is 1.00 bits per heavy atom. The monoisotopic (exact) mass is 303 g/mol. The van der Waals surface area contributed by atoms with Gasteiger partial charge in [0.15, 0.2) is 5.70 Å². The number of ether oxygens (including phenoxy) is 1. The maximum atomic E-state index is 11.9. The van der Waals surface area contributed by atoms with Crippen LogP contribution in [0.3, 0.4) is 0 Å². The number of esters is 1. The molecule has 1 aliphatic heterocycles. The standard InChI is InChI=1S/C20H17NO2/c1-14-11-12-17(13-15(14)2)19-21-18(20(22)23-19)10-6-9-16-7-4-3-5-8-16/h3-13H,1-2H3. The Labute approximate surface area is 135 Å². The molecule has 0 saturated heterocycles. The molecule has 1 aliphatic rings. The number of cyclic esters (lactones) is 1. The highest BCUT2D eigenvalue weighted by molar-refractivity contribution is 6.11. The number of nitrogens with zero attached hydrogens (tertiary/aromatic N) is 1. The summed E-state index contributed by atoms with van der Waals surface area (Å²) >= 11 is 0. The van der Waals surface area contributed by atoms with Crippen molar-refractivity contribution in [2.24, 2.45) is 4.99 Å². The number of aryl methyl sites for hydroxylation is 2. The molecule has 0 saturated carbocycles. The lowest BCUT2D eigenvalue weighted by atomic mass is 10.1. The molecule has 23 heavy (non-hydrogen) atoms. The van der Waals surface area contributed by atoms with Gasteiger partial charge < -0.3 is 4.74 Å². The Balaban J connectivity index is 1.82. The van der Waals surface area contributed by atoms with Gasteiger partial charge in [-0.1, -0.05) is 48.6 Å². The molecule has 2 aromatic carbocycles. The van der Waals surface area contributed by atoms with Gasteiger partial charge in [-0.05, 0) is 48.7 Å². The minimum atomic E-state index is -0.420. The van der Waals surface area contributed by atoms with Gasteiger partial charge in [-0.15, -0.1) is 0 Å². The first-order valence-corrected chi connectivity index (χ1v) is 7.45. The molecule has 0 amide bonds. The van der Waals surface area contributed by atoms with E-state index in [1.54, 1.807) is 12.2 Å². The fourth-order valence-corrected chi connectivity index (χ4v) is 2.24. The van der Waals surface area contributed by atoms with Gasteiger partial charge in [0.1, 0.15) is 0 Å². The third-order valence-corrected chi connectivity index (χ3v) is 3.72. The third kappa shape index (κ3) is 3.46. The fourth-order valence-electron chi connectivity index (χ4n) is 2.24. The highest BCUT2D eigenvalue weighted by Crippen LogP contribution is 2.18. The number of benzene rings is 2. The van der Waals surface area contributed by atoms with E-state index in [4.69, 9.17) is 4.74 Å². The average molecular weight is 303 g/mol. The summed E-state index contributed by atoms with van der Waals surface area (Å²) in [7, 11) is 0. The molecular weight excluding hydrogens is 286 g/mol. The predicted molar refractivity (Wildman–Crippen MR) is 92.1 cm³/mol. The summed E-state index contributed by atoms with van der Waals surface area (Å²) in [6, 6.07) is 15.8. The van der Waals surface area contributed by atoms with Crippen molar-refractivity contribution in [3.63, 3.8) is 0 Å². The van der Waals surface area contributed by atoms with Crippen LogP contribution in [-0.4, -0.2) is 11.9 Å². The highest BCUT2D eigenvalue weighted by atomic mass is 16.6. The molecule has 0 unspecified atom stereocenters. The average Bonchev–Trinajstić information content (AvgIpc) is 2.92. The van der Waals surface area contributed by atoms with Crippen LogP contribution in [0.4, 0.5) is 0 Å². The zero-order valence-corrected chi connectivity index (χ0v) is 13.1. The van der Waals surface area contributed by atoms with Crippen LogP contribution in [0, 0.1) is 13.8 Å². The maximum absolute atomic E-state index is 11.9. The first-order chi connectivity index (χ1) is 11.1. The number of hydrogen-bond acceptors (Lipinski definition) is 3. The quantitative estimate of drug-likeness (QED) is 0.629. The van der Waals surface area contributed by atoms with E-state index in [2.05, 4.69) is 4.99 Å². The van der Waals surface area contributed by atoms with Gasteiger partial charge in [0.2, 0.25) is 5.90 Å². The van der Waals surface area contributed by atoms with E-state index in [9.17, 15) is 4.79 Å². The molecular formula is C20H17NO2. The summed E-state index contributed by atoms with van der Waals surface area (Å²) in [5.41, 5.74) is 4.53. The van der Waals surface area contributed by atoms with Gasteiger partial charge in [-0.2, -0.15) is 0 Å². The topological polar surface area (TPSA) is 38.7 Å². The number of hydrogen-bond donors (Lipinski definition) is 0. The summed E-state index contributed by atoms with van der Waals surface area (Å²) in [6.07, 6.45) is 5.39. The Morgan fingerprint density at radius 2 is 1.78 bits per heavy atom. The van der Waals surface area contributed by atoms with Crippen LogP contribution in [0.15, 0.2) is 71.4 Å². The molecule has 0 radical (unpaired) electrons. The van der Waals surface area contributed by atoms with Crippen LogP contribution in [0.2, 0.25) is 0 Å². The number of allylic oxidation sites excluding steroid dienone is 2. The van der Waals surface area contributed by atoms with Gasteiger partial charge in [0.05, 0.1) is 0 Å². The van der Waals surface area contributed by atoms with Crippen LogP contribution >= 0.6 is 0 Å². The second kappa shape index (κ2) is 6.44. The molecule has 114 valence electrons. The van der Waals surface area contributed by atoms with E-state index in [1.807, 2.05) is 68.5 Å². The van der Waals surface area contributed by atoms with Crippen molar-refractivity contribution >= 4 is 17.9 Å². The molecule has 3 heteroatoms. The largest absolute Gasteiger partial charge is 0.402 e. The first kappa shape index (κ1) is 15.0. The second-order valence-corrected chi connectivity index (χ2v) is 5.43. The van der Waals surface area contributed by atoms with Crippen molar-refractivity contribution < 1.29 is 9.53 Å². The molecule has 2 aromatic rings. The Bertz CT molecular complexity index is 830. The van der Waals surface area contributed by atoms with E-state index in [-0.39, 0.29) is 0 Å². The second-order valence-electron chi connectivity index (χ2n) is 5.43. The molecule has 0 fully saturated rings. The summed E-state index contributed by atoms with van der Waals surface area (Å²) < 4.78 is 5.27. The van der Waals surface area contributed by atoms with Gasteiger partial charge in [-0.25, -0.2) is 9.79 Å². The van der Waals surface area contributed by atoms with E-state index >= 15 is 0 Å². The van der Waals surface area contributed by atoms with Crippen molar-refractivity contribution in [3.05, 3.63) is 88.6 Å². The third-order valence-electron chi connectivity index (χ3n) is 3.72. The van der Waals surface area contributed by atoms with E-state index in [0.29, 0.717) is 11.6 Å². The Hall–Kier alpha value is -2.94. The fraction of sp³-hybridized carbons (Fsp3) is 0.100. The zero-order valence-electron chi connectivity index (χ0n) is 13.1. The van der Waals surface area contributed by atoms with E-state index in [0.717, 1.165) is 16.7 Å². The molecule has 1 heterocycles. The maximum Gasteiger partial charge on any atom is 0.363 e. The first-order valence-electron chi connectivity index (χ1n) is 7.45. The van der Waals surface area contributed by atoms with Gasteiger partial charge in [-0.3, -0.25) is 0 Å². The summed E-state index contributed by atoms with van der Waals surface area (Å²) in [5.74, 6) is -0.0617. The van der Waals surface area contributed by atoms with Gasteiger partial charge in [0, 0.05) is 5.56 Å². The molecule has 0 aromatic heterocycles. The zero-order chi connectivity index (χ0) is 16.2. The molecule has 0 aliphatic carbocycles. The minimum Gasteiger partial charge on any atom is -0.402 e. The normalized spacial score (nSPS) is 16.0. The van der Waals surface area contributed by atoms with Crippen LogP contribution < -0.4 is 0 Å². The number of rotatable bonds is 3. The van der Waals surface area contributed by atoms with Crippen molar-refractivity contribution in [2.75, 3.05) is 0 Å². The van der Waals surface area contributed by atoms with Crippen LogP contribution in [-0.2, 0) is 9.53 Å². The lowest BCUT2D eigenvalue weighted by Crippen LogP contribution is -2.05. The summed E-state index contributed by atoms with van der Waals surface area (Å²) in [6.45, 7) is 4.07. The number of carbonyl (C=O) groups excluding carboxylic acids is 1. The van der Waals surface area contributed by atoms with Crippen LogP contribution in [0.5, 0.6) is 0 Å². The minimum absolute atomic E-state index is 0.311.